The monoisotopic (exact) mass is 412 g/mol. The van der Waals surface area contributed by atoms with E-state index in [0.717, 1.165) is 45.8 Å². The largest absolute Gasteiger partial charge is 0.496 e. The summed E-state index contributed by atoms with van der Waals surface area (Å²) in [5.41, 5.74) is 3.28. The van der Waals surface area contributed by atoms with Crippen LogP contribution in [-0.2, 0) is 6.54 Å². The molecule has 152 valence electrons. The van der Waals surface area contributed by atoms with Crippen LogP contribution in [0, 0.1) is 6.92 Å². The van der Waals surface area contributed by atoms with E-state index in [1.807, 2.05) is 36.9 Å². The van der Waals surface area contributed by atoms with E-state index in [1.54, 1.807) is 7.11 Å². The number of aryl methyl sites for hydroxylation is 1. The van der Waals surface area contributed by atoms with Gasteiger partial charge in [-0.3, -0.25) is 0 Å². The van der Waals surface area contributed by atoms with Crippen LogP contribution in [0.1, 0.15) is 38.2 Å². The fourth-order valence-corrected chi connectivity index (χ4v) is 3.60. The number of aromatic nitrogens is 5. The maximum Gasteiger partial charge on any atom is 0.178 e. The molecule has 0 bridgehead atoms. The second-order valence-corrected chi connectivity index (χ2v) is 7.45. The number of rotatable bonds is 4. The highest BCUT2D eigenvalue weighted by Gasteiger charge is 2.24. The van der Waals surface area contributed by atoms with Crippen LogP contribution in [0.5, 0.6) is 11.5 Å². The highest BCUT2D eigenvalue weighted by atomic mass is 32.1. The van der Waals surface area contributed by atoms with Crippen LogP contribution < -0.4 is 9.47 Å². The number of benzene rings is 1. The second-order valence-electron chi connectivity index (χ2n) is 7.25. The molecule has 0 aliphatic carbocycles. The van der Waals surface area contributed by atoms with E-state index in [0.29, 0.717) is 18.9 Å². The zero-order chi connectivity index (χ0) is 20.7. The van der Waals surface area contributed by atoms with Crippen molar-refractivity contribution >= 4 is 18.5 Å². The standard InChI is InChI=1S/C20H24N6O2S/c1-11(2)26-20(21-13(4)23-26)16-10-25-6-7-28-18-9-17(27-5)14(12(3)24-29)8-15(18)19(25)22-16/h8-11,29H,6-7H2,1-5H3. The van der Waals surface area contributed by atoms with Gasteiger partial charge in [-0.05, 0) is 46.6 Å². The van der Waals surface area contributed by atoms with Gasteiger partial charge in [0.2, 0.25) is 0 Å². The van der Waals surface area contributed by atoms with Crippen LogP contribution in [0.3, 0.4) is 0 Å². The van der Waals surface area contributed by atoms with Gasteiger partial charge in [0.25, 0.3) is 0 Å². The zero-order valence-corrected chi connectivity index (χ0v) is 18.1. The molecule has 0 fully saturated rings. The molecule has 0 saturated carbocycles. The van der Waals surface area contributed by atoms with Gasteiger partial charge < -0.3 is 14.0 Å². The van der Waals surface area contributed by atoms with Crippen molar-refractivity contribution in [1.29, 1.82) is 0 Å². The predicted molar refractivity (Wildman–Crippen MR) is 115 cm³/mol. The van der Waals surface area contributed by atoms with Crippen molar-refractivity contribution in [1.82, 2.24) is 24.3 Å². The fraction of sp³-hybridized carbons (Fsp3) is 0.400. The second kappa shape index (κ2) is 7.55. The van der Waals surface area contributed by atoms with Crippen LogP contribution >= 0.6 is 12.8 Å². The third-order valence-corrected chi connectivity index (χ3v) is 5.20. The van der Waals surface area contributed by atoms with Gasteiger partial charge in [0.1, 0.15) is 35.4 Å². The lowest BCUT2D eigenvalue weighted by Crippen LogP contribution is -2.06. The average molecular weight is 413 g/mol. The number of methoxy groups -OCH3 is 1. The van der Waals surface area contributed by atoms with E-state index in [-0.39, 0.29) is 6.04 Å². The van der Waals surface area contributed by atoms with Crippen molar-refractivity contribution in [3.05, 3.63) is 29.7 Å². The molecule has 0 unspecified atom stereocenters. The lowest BCUT2D eigenvalue weighted by molar-refractivity contribution is 0.304. The summed E-state index contributed by atoms with van der Waals surface area (Å²) in [5.74, 6) is 3.74. The zero-order valence-electron chi connectivity index (χ0n) is 17.2. The van der Waals surface area contributed by atoms with E-state index in [9.17, 15) is 0 Å². The number of hydrogen-bond acceptors (Lipinski definition) is 7. The molecular formula is C20H24N6O2S. The number of thiol groups is 1. The van der Waals surface area contributed by atoms with Gasteiger partial charge in [-0.2, -0.15) is 5.10 Å². The molecule has 2 aromatic heterocycles. The Kier molecular flexibility index (Phi) is 5.08. The summed E-state index contributed by atoms with van der Waals surface area (Å²) in [4.78, 5) is 9.53. The maximum absolute atomic E-state index is 5.98. The lowest BCUT2D eigenvalue weighted by atomic mass is 10.0. The summed E-state index contributed by atoms with van der Waals surface area (Å²) in [5, 5.41) is 4.52. The van der Waals surface area contributed by atoms with E-state index < -0.39 is 0 Å². The fourth-order valence-electron chi connectivity index (χ4n) is 3.49. The number of ether oxygens (including phenoxy) is 2. The maximum atomic E-state index is 5.98. The van der Waals surface area contributed by atoms with Gasteiger partial charge >= 0.3 is 0 Å². The van der Waals surface area contributed by atoms with Gasteiger partial charge in [-0.25, -0.2) is 19.0 Å². The lowest BCUT2D eigenvalue weighted by Gasteiger charge is -2.13. The number of imidazole rings is 1. The summed E-state index contributed by atoms with van der Waals surface area (Å²) in [6.07, 6.45) is 2.01. The van der Waals surface area contributed by atoms with Gasteiger partial charge in [0.05, 0.1) is 24.9 Å². The SMILES string of the molecule is COc1cc2c(cc1C(C)=NS)-c1nc(-c3nc(C)nn3C(C)C)cn1CCO2. The first-order chi connectivity index (χ1) is 13.9. The van der Waals surface area contributed by atoms with E-state index >= 15 is 0 Å². The molecule has 1 aromatic carbocycles. The molecule has 0 radical (unpaired) electrons. The highest BCUT2D eigenvalue weighted by molar-refractivity contribution is 7.79. The first-order valence-corrected chi connectivity index (χ1v) is 9.87. The predicted octanol–water partition coefficient (Wildman–Crippen LogP) is 3.75. The molecule has 1 aliphatic rings. The molecule has 0 spiro atoms. The molecular weight excluding hydrogens is 388 g/mol. The van der Waals surface area contributed by atoms with Crippen molar-refractivity contribution in [3.63, 3.8) is 0 Å². The Morgan fingerprint density at radius 1 is 1.28 bits per heavy atom. The Labute approximate surface area is 175 Å². The van der Waals surface area contributed by atoms with E-state index in [1.165, 1.54) is 0 Å². The van der Waals surface area contributed by atoms with E-state index in [4.69, 9.17) is 14.5 Å². The van der Waals surface area contributed by atoms with Crippen LogP contribution in [0.4, 0.5) is 0 Å². The topological polar surface area (TPSA) is 79.4 Å². The van der Waals surface area contributed by atoms with Crippen LogP contribution in [-0.4, -0.2) is 43.7 Å². The van der Waals surface area contributed by atoms with Crippen LogP contribution in [0.25, 0.3) is 22.9 Å². The van der Waals surface area contributed by atoms with Crippen molar-refractivity contribution in [2.75, 3.05) is 13.7 Å². The summed E-state index contributed by atoms with van der Waals surface area (Å²) < 4.78 is 19.5. The number of nitrogens with zero attached hydrogens (tertiary/aromatic N) is 6. The van der Waals surface area contributed by atoms with Crippen molar-refractivity contribution in [2.45, 2.75) is 40.3 Å². The summed E-state index contributed by atoms with van der Waals surface area (Å²) in [6, 6.07) is 4.07. The molecule has 0 saturated heterocycles. The van der Waals surface area contributed by atoms with Crippen LogP contribution in [0.15, 0.2) is 22.7 Å². The van der Waals surface area contributed by atoms with E-state index in [2.05, 4.69) is 45.7 Å². The summed E-state index contributed by atoms with van der Waals surface area (Å²) in [6.45, 7) is 9.17. The van der Waals surface area contributed by atoms with Gasteiger partial charge in [-0.1, -0.05) is 0 Å². The summed E-state index contributed by atoms with van der Waals surface area (Å²) in [7, 11) is 1.63. The minimum Gasteiger partial charge on any atom is -0.496 e. The first kappa shape index (κ1) is 19.5. The molecule has 9 heteroatoms. The van der Waals surface area contributed by atoms with Gasteiger partial charge in [-0.15, -0.1) is 0 Å². The molecule has 3 heterocycles. The molecule has 4 rings (SSSR count). The molecule has 0 N–H and O–H groups in total. The number of fused-ring (bicyclic) bond motifs is 3. The third-order valence-electron chi connectivity index (χ3n) is 4.90. The third kappa shape index (κ3) is 3.39. The molecule has 0 atom stereocenters. The Morgan fingerprint density at radius 2 is 2.07 bits per heavy atom. The minimum atomic E-state index is 0.188. The normalized spacial score (nSPS) is 13.7. The van der Waals surface area contributed by atoms with Crippen molar-refractivity contribution in [2.24, 2.45) is 4.40 Å². The molecule has 29 heavy (non-hydrogen) atoms. The highest BCUT2D eigenvalue weighted by Crippen LogP contribution is 2.38. The first-order valence-electron chi connectivity index (χ1n) is 9.47. The molecule has 1 aliphatic heterocycles. The van der Waals surface area contributed by atoms with Crippen molar-refractivity contribution in [3.8, 4) is 34.4 Å². The average Bonchev–Trinajstić information content (AvgIpc) is 3.26. The smallest absolute Gasteiger partial charge is 0.178 e. The van der Waals surface area contributed by atoms with Crippen molar-refractivity contribution < 1.29 is 9.47 Å². The Balaban J connectivity index is 1.90. The molecule has 0 amide bonds. The van der Waals surface area contributed by atoms with Crippen LogP contribution in [0.2, 0.25) is 0 Å². The Hall–Kier alpha value is -2.81. The van der Waals surface area contributed by atoms with Gasteiger partial charge in [0, 0.05) is 23.9 Å². The Morgan fingerprint density at radius 3 is 2.76 bits per heavy atom. The quantitative estimate of drug-likeness (QED) is 0.521. The molecule has 3 aromatic rings. The Bertz CT molecular complexity index is 1100. The summed E-state index contributed by atoms with van der Waals surface area (Å²) >= 11 is 4.06. The van der Waals surface area contributed by atoms with Gasteiger partial charge in [0.15, 0.2) is 5.82 Å². The molecule has 8 nitrogen and oxygen atoms in total. The number of hydrogen-bond donors (Lipinski definition) is 1. The minimum absolute atomic E-state index is 0.188.